The molecule has 0 saturated heterocycles. The zero-order valence-electron chi connectivity index (χ0n) is 17.7. The van der Waals surface area contributed by atoms with Crippen molar-refractivity contribution in [1.82, 2.24) is 0 Å². The number of hydrogen-bond donors (Lipinski definition) is 0. The number of benzene rings is 2. The van der Waals surface area contributed by atoms with Crippen LogP contribution in [0.25, 0.3) is 0 Å². The number of unbranched alkanes of at least 4 members (excludes halogenated alkanes) is 1. The number of ether oxygens (including phenoxy) is 1. The van der Waals surface area contributed by atoms with Crippen molar-refractivity contribution in [3.05, 3.63) is 70.3 Å². The molecule has 0 spiro atoms. The van der Waals surface area contributed by atoms with Gasteiger partial charge < -0.3 is 4.74 Å². The second-order valence-electron chi connectivity index (χ2n) is 7.04. The number of carbonyl (C=O) groups excluding carboxylic acids is 3. The van der Waals surface area contributed by atoms with Crippen molar-refractivity contribution in [2.75, 3.05) is 12.4 Å². The second kappa shape index (κ2) is 12.4. The van der Waals surface area contributed by atoms with Crippen LogP contribution in [0.4, 0.5) is 0 Å². The van der Waals surface area contributed by atoms with Gasteiger partial charge in [-0.3, -0.25) is 14.4 Å². The van der Waals surface area contributed by atoms with Crippen LogP contribution in [0.1, 0.15) is 46.9 Å². The minimum atomic E-state index is -0.373. The molecule has 11 heteroatoms. The van der Waals surface area contributed by atoms with Gasteiger partial charge in [-0.25, -0.2) is 0 Å². The van der Waals surface area contributed by atoms with Crippen molar-refractivity contribution < 1.29 is 19.1 Å². The van der Waals surface area contributed by atoms with E-state index in [-0.39, 0.29) is 80.7 Å². The molecule has 0 unspecified atom stereocenters. The van der Waals surface area contributed by atoms with Gasteiger partial charge in [0.1, 0.15) is 0 Å². The lowest BCUT2D eigenvalue weighted by atomic mass is 9.94. The highest BCUT2D eigenvalue weighted by Crippen LogP contribution is 2.51. The van der Waals surface area contributed by atoms with Crippen LogP contribution in [0.2, 0.25) is 25.1 Å². The van der Waals surface area contributed by atoms with Gasteiger partial charge in [-0.05, 0) is 6.42 Å². The Morgan fingerprint density at radius 3 is 1.94 bits per heavy atom. The summed E-state index contributed by atoms with van der Waals surface area (Å²) in [6.07, 6.45) is 1.77. The maximum Gasteiger partial charge on any atom is 0.306 e. The fourth-order valence-corrected chi connectivity index (χ4v) is 6.67. The molecule has 2 aromatic rings. The van der Waals surface area contributed by atoms with Crippen LogP contribution in [0, 0.1) is 0 Å². The molecule has 0 aromatic heterocycles. The minimum absolute atomic E-state index is 0.00996. The fraction of sp³-hybridized carbons (Fsp3) is 0.261. The lowest BCUT2D eigenvalue weighted by Crippen LogP contribution is -2.20. The van der Waals surface area contributed by atoms with E-state index in [1.165, 1.54) is 0 Å². The first-order chi connectivity index (χ1) is 16.2. The summed E-state index contributed by atoms with van der Waals surface area (Å²) in [5, 5.41) is -0.00742. The molecule has 3 rings (SSSR count). The maximum atomic E-state index is 13.4. The predicted octanol–water partition coefficient (Wildman–Crippen LogP) is 8.80. The van der Waals surface area contributed by atoms with E-state index in [2.05, 4.69) is 0 Å². The number of carbonyl (C=O) groups is 3. The zero-order valence-corrected chi connectivity index (χ0v) is 23.1. The van der Waals surface area contributed by atoms with E-state index in [0.29, 0.717) is 6.61 Å². The summed E-state index contributed by atoms with van der Waals surface area (Å²) < 4.78 is 5.17. The van der Waals surface area contributed by atoms with E-state index in [9.17, 15) is 14.4 Å². The molecule has 0 bridgehead atoms. The van der Waals surface area contributed by atoms with E-state index >= 15 is 0 Å². The highest BCUT2D eigenvalue weighted by atomic mass is 35.5. The molecule has 0 N–H and O–H groups in total. The Labute approximate surface area is 230 Å². The van der Waals surface area contributed by atoms with Crippen molar-refractivity contribution in [2.45, 2.75) is 31.1 Å². The van der Waals surface area contributed by atoms with Crippen LogP contribution in [-0.2, 0) is 9.53 Å². The molecular formula is C23H17Cl5O4S2. The lowest BCUT2D eigenvalue weighted by molar-refractivity contribution is -0.143. The Balaban J connectivity index is 1.97. The number of thioether (sulfide) groups is 2. The summed E-state index contributed by atoms with van der Waals surface area (Å²) in [6, 6.07) is 6.52. The average molecular weight is 599 g/mol. The van der Waals surface area contributed by atoms with Gasteiger partial charge >= 0.3 is 5.97 Å². The van der Waals surface area contributed by atoms with E-state index in [0.717, 1.165) is 36.4 Å². The van der Waals surface area contributed by atoms with Crippen molar-refractivity contribution in [3.63, 3.8) is 0 Å². The predicted molar refractivity (Wildman–Crippen MR) is 142 cm³/mol. The number of hydrogen-bond acceptors (Lipinski definition) is 6. The Kier molecular flexibility index (Phi) is 10.1. The van der Waals surface area contributed by atoms with Crippen molar-refractivity contribution in [2.24, 2.45) is 0 Å². The lowest BCUT2D eigenvalue weighted by Gasteiger charge is -2.21. The van der Waals surface area contributed by atoms with Crippen LogP contribution in [0.15, 0.2) is 39.0 Å². The number of fused-ring (bicyclic) bond motifs is 1. The second-order valence-corrected chi connectivity index (χ2v) is 11.1. The molecule has 1 aliphatic rings. The van der Waals surface area contributed by atoms with Crippen LogP contribution in [0.5, 0.6) is 0 Å². The third-order valence-corrected chi connectivity index (χ3v) is 9.64. The highest BCUT2D eigenvalue weighted by molar-refractivity contribution is 8.08. The summed E-state index contributed by atoms with van der Waals surface area (Å²) in [5.74, 6) is -0.828. The van der Waals surface area contributed by atoms with E-state index in [1.807, 2.05) is 6.92 Å². The van der Waals surface area contributed by atoms with Crippen molar-refractivity contribution in [1.29, 1.82) is 0 Å². The normalized spacial score (nSPS) is 13.4. The molecule has 4 nitrogen and oxygen atoms in total. The van der Waals surface area contributed by atoms with Crippen LogP contribution < -0.4 is 0 Å². The summed E-state index contributed by atoms with van der Waals surface area (Å²) in [5.41, 5.74) is 0.547. The first-order valence-electron chi connectivity index (χ1n) is 10.1. The number of Topliss-reactive ketones (excluding diaryl/α,β-unsaturated/α-hetero) is 2. The molecule has 0 atom stereocenters. The first-order valence-corrected chi connectivity index (χ1v) is 13.8. The number of allylic oxidation sites excluding steroid dienone is 2. The summed E-state index contributed by atoms with van der Waals surface area (Å²) in [6.45, 7) is 2.35. The minimum Gasteiger partial charge on any atom is -0.466 e. The Hall–Kier alpha value is -0.860. The van der Waals surface area contributed by atoms with Crippen LogP contribution in [0.3, 0.4) is 0 Å². The van der Waals surface area contributed by atoms with Crippen LogP contribution in [-0.4, -0.2) is 29.9 Å². The van der Waals surface area contributed by atoms with Gasteiger partial charge in [0, 0.05) is 16.9 Å². The number of halogens is 5. The van der Waals surface area contributed by atoms with Crippen molar-refractivity contribution >= 4 is 99.1 Å². The van der Waals surface area contributed by atoms with Gasteiger partial charge in [0.05, 0.1) is 52.8 Å². The quantitative estimate of drug-likeness (QED) is 0.124. The van der Waals surface area contributed by atoms with Gasteiger partial charge in [-0.2, -0.15) is 0 Å². The third kappa shape index (κ3) is 5.92. The fourth-order valence-electron chi connectivity index (χ4n) is 2.97. The molecule has 34 heavy (non-hydrogen) atoms. The Morgan fingerprint density at radius 1 is 0.853 bits per heavy atom. The highest BCUT2D eigenvalue weighted by Gasteiger charge is 2.34. The van der Waals surface area contributed by atoms with Gasteiger partial charge in [0.15, 0.2) is 0 Å². The number of esters is 1. The largest absolute Gasteiger partial charge is 0.466 e. The summed E-state index contributed by atoms with van der Waals surface area (Å²) >= 11 is 33.2. The van der Waals surface area contributed by atoms with Gasteiger partial charge in [0.2, 0.25) is 11.6 Å². The maximum absolute atomic E-state index is 13.4. The third-order valence-electron chi connectivity index (χ3n) is 4.72. The molecule has 180 valence electrons. The molecule has 0 radical (unpaired) electrons. The topological polar surface area (TPSA) is 60.4 Å². The monoisotopic (exact) mass is 596 g/mol. The molecule has 0 amide bonds. The van der Waals surface area contributed by atoms with E-state index in [4.69, 9.17) is 62.7 Å². The Bertz CT molecular complexity index is 1170. The smallest absolute Gasteiger partial charge is 0.306 e. The molecule has 0 fully saturated rings. The van der Waals surface area contributed by atoms with E-state index in [1.54, 1.807) is 24.3 Å². The van der Waals surface area contributed by atoms with Gasteiger partial charge in [-0.1, -0.05) is 107 Å². The summed E-state index contributed by atoms with van der Waals surface area (Å²) in [7, 11) is 0. The average Bonchev–Trinajstić information content (AvgIpc) is 2.83. The number of ketones is 2. The summed E-state index contributed by atoms with van der Waals surface area (Å²) in [4.78, 5) is 39.2. The number of rotatable bonds is 9. The van der Waals surface area contributed by atoms with Crippen molar-refractivity contribution in [3.8, 4) is 0 Å². The molecule has 0 heterocycles. The zero-order chi connectivity index (χ0) is 25.0. The van der Waals surface area contributed by atoms with E-state index < -0.39 is 0 Å². The van der Waals surface area contributed by atoms with Gasteiger partial charge in [0.25, 0.3) is 0 Å². The standard InChI is InChI=1S/C23H17Cl5O4S2/c1-2-3-9-32-13(29)8-10-33-22-19(30)11-6-4-5-7-12(11)20(31)23(22)34-21-17(27)15(25)14(24)16(26)18(21)28/h4-7H,2-3,8-10H2,1H3. The molecular weight excluding hydrogens is 582 g/mol. The van der Waals surface area contributed by atoms with Crippen LogP contribution >= 0.6 is 81.5 Å². The molecule has 2 aromatic carbocycles. The molecule has 0 aliphatic heterocycles. The molecule has 1 aliphatic carbocycles. The SMILES string of the molecule is CCCCOC(=O)CCSC1=C(Sc2c(Cl)c(Cl)c(Cl)c(Cl)c2Cl)C(=O)c2ccccc2C1=O. The first kappa shape index (κ1) is 27.7. The molecule has 0 saturated carbocycles. The Morgan fingerprint density at radius 2 is 1.38 bits per heavy atom. The van der Waals surface area contributed by atoms with Gasteiger partial charge in [-0.15, -0.1) is 11.8 Å².